The number of amides is 1. The molecule has 0 saturated carbocycles. The van der Waals surface area contributed by atoms with Gasteiger partial charge in [-0.3, -0.25) is 19.7 Å². The predicted molar refractivity (Wildman–Crippen MR) is 145 cm³/mol. The van der Waals surface area contributed by atoms with E-state index in [-0.39, 0.29) is 41.5 Å². The average molecular weight is 571 g/mol. The van der Waals surface area contributed by atoms with Crippen LogP contribution in [-0.4, -0.2) is 55.4 Å². The highest BCUT2D eigenvalue weighted by Crippen LogP contribution is 2.49. The fourth-order valence-electron chi connectivity index (χ4n) is 4.70. The summed E-state index contributed by atoms with van der Waals surface area (Å²) in [5.74, 6) is -5.74. The second-order valence-corrected chi connectivity index (χ2v) is 8.85. The highest BCUT2D eigenvalue weighted by molar-refractivity contribution is 6.10. The number of carbonyl (C=O) groups excluding carboxylic acids is 2. The molecule has 0 bridgehead atoms. The van der Waals surface area contributed by atoms with Crippen molar-refractivity contribution < 1.29 is 37.2 Å². The van der Waals surface area contributed by atoms with Crippen LogP contribution in [0.15, 0.2) is 48.7 Å². The maximum Gasteiger partial charge on any atom is 0.316 e. The van der Waals surface area contributed by atoms with E-state index in [1.165, 1.54) is 55.8 Å². The molecule has 0 aliphatic rings. The Morgan fingerprint density at radius 3 is 2.34 bits per heavy atom. The summed E-state index contributed by atoms with van der Waals surface area (Å²) in [4.78, 5) is 38.7. The highest BCUT2D eigenvalue weighted by atomic mass is 19.2. The minimum atomic E-state index is -1.69. The number of carbonyl (C=O) groups is 2. The Balaban J connectivity index is 1.97. The van der Waals surface area contributed by atoms with Gasteiger partial charge in [0.25, 0.3) is 0 Å². The Morgan fingerprint density at radius 2 is 1.78 bits per heavy atom. The summed E-state index contributed by atoms with van der Waals surface area (Å²) < 4.78 is 53.3. The first kappa shape index (κ1) is 29.1. The summed E-state index contributed by atoms with van der Waals surface area (Å²) in [7, 11) is 4.29. The van der Waals surface area contributed by atoms with Gasteiger partial charge in [0.1, 0.15) is 17.1 Å². The zero-order valence-electron chi connectivity index (χ0n) is 22.5. The quantitative estimate of drug-likeness (QED) is 0.120. The summed E-state index contributed by atoms with van der Waals surface area (Å²) >= 11 is 0. The Bertz CT molecular complexity index is 1660. The van der Waals surface area contributed by atoms with E-state index in [9.17, 15) is 32.9 Å². The minimum Gasteiger partial charge on any atom is -0.496 e. The van der Waals surface area contributed by atoms with Gasteiger partial charge in [-0.05, 0) is 30.3 Å². The molecule has 2 aromatic carbocycles. The van der Waals surface area contributed by atoms with Gasteiger partial charge in [0, 0.05) is 51.0 Å². The van der Waals surface area contributed by atoms with E-state index in [0.29, 0.717) is 23.2 Å². The van der Waals surface area contributed by atoms with Gasteiger partial charge in [0.2, 0.25) is 11.7 Å². The maximum atomic E-state index is 13.8. The first-order valence-electron chi connectivity index (χ1n) is 12.2. The molecule has 0 saturated heterocycles. The second kappa shape index (κ2) is 11.7. The van der Waals surface area contributed by atoms with Crippen molar-refractivity contribution in [3.05, 3.63) is 87.5 Å². The number of benzene rings is 2. The van der Waals surface area contributed by atoms with Crippen LogP contribution in [0.2, 0.25) is 0 Å². The molecule has 2 heterocycles. The fourth-order valence-corrected chi connectivity index (χ4v) is 4.70. The smallest absolute Gasteiger partial charge is 0.316 e. The van der Waals surface area contributed by atoms with Crippen LogP contribution in [0.3, 0.4) is 0 Å². The zero-order chi connectivity index (χ0) is 30.0. The SMILES string of the molecule is CNc1c(-c2cccn3c(C(=O)c4cc(F)c(F)c(F)c4)ccc23)c(OC)cc(N(CCOC)C(C)=O)c1[N+](=O)[O-]. The lowest BCUT2D eigenvalue weighted by Crippen LogP contribution is -2.32. The number of ether oxygens (including phenoxy) is 2. The van der Waals surface area contributed by atoms with Crippen LogP contribution in [-0.2, 0) is 9.53 Å². The van der Waals surface area contributed by atoms with Crippen molar-refractivity contribution >= 4 is 34.3 Å². The molecule has 4 rings (SSSR count). The number of hydrogen-bond donors (Lipinski definition) is 1. The number of nitro benzene ring substituents is 1. The van der Waals surface area contributed by atoms with Gasteiger partial charge in [-0.2, -0.15) is 0 Å². The minimum absolute atomic E-state index is 0.00525. The summed E-state index contributed by atoms with van der Waals surface area (Å²) in [6, 6.07) is 8.79. The number of nitro groups is 1. The van der Waals surface area contributed by atoms with Crippen LogP contribution >= 0.6 is 0 Å². The Kier molecular flexibility index (Phi) is 8.28. The molecule has 10 nitrogen and oxygen atoms in total. The summed E-state index contributed by atoms with van der Waals surface area (Å²) in [6.45, 7) is 1.44. The second-order valence-electron chi connectivity index (χ2n) is 8.85. The van der Waals surface area contributed by atoms with Crippen molar-refractivity contribution in [1.29, 1.82) is 0 Å². The Hall–Kier alpha value is -4.91. The Morgan fingerprint density at radius 1 is 1.10 bits per heavy atom. The van der Waals surface area contributed by atoms with Crippen molar-refractivity contribution in [2.75, 3.05) is 44.6 Å². The molecule has 13 heteroatoms. The summed E-state index contributed by atoms with van der Waals surface area (Å²) in [5, 5.41) is 15.3. The lowest BCUT2D eigenvalue weighted by atomic mass is 9.99. The molecular formula is C28H25F3N4O6. The number of hydrogen-bond acceptors (Lipinski definition) is 7. The number of ketones is 1. The Labute approximate surface area is 232 Å². The van der Waals surface area contributed by atoms with Gasteiger partial charge in [-0.1, -0.05) is 6.07 Å². The van der Waals surface area contributed by atoms with Gasteiger partial charge >= 0.3 is 5.69 Å². The molecule has 0 spiro atoms. The van der Waals surface area contributed by atoms with Gasteiger partial charge in [-0.15, -0.1) is 0 Å². The number of aromatic nitrogens is 1. The number of nitrogens with zero attached hydrogens (tertiary/aromatic N) is 3. The van der Waals surface area contributed by atoms with Crippen LogP contribution in [0, 0.1) is 27.6 Å². The van der Waals surface area contributed by atoms with Crippen molar-refractivity contribution in [3.8, 4) is 16.9 Å². The number of rotatable bonds is 10. The van der Waals surface area contributed by atoms with E-state index < -0.39 is 45.3 Å². The number of anilines is 2. The monoisotopic (exact) mass is 570 g/mol. The number of fused-ring (bicyclic) bond motifs is 1. The third-order valence-corrected chi connectivity index (χ3v) is 6.53. The molecule has 0 fully saturated rings. The van der Waals surface area contributed by atoms with Gasteiger partial charge in [0.05, 0.1) is 35.4 Å². The van der Waals surface area contributed by atoms with Crippen LogP contribution in [0.4, 0.5) is 30.2 Å². The third kappa shape index (κ3) is 5.18. The molecule has 1 amide bonds. The molecule has 0 unspecified atom stereocenters. The van der Waals surface area contributed by atoms with E-state index >= 15 is 0 Å². The third-order valence-electron chi connectivity index (χ3n) is 6.53. The first-order valence-corrected chi connectivity index (χ1v) is 12.2. The topological polar surface area (TPSA) is 115 Å². The van der Waals surface area contributed by atoms with E-state index in [1.807, 2.05) is 0 Å². The molecule has 0 aliphatic heterocycles. The van der Waals surface area contributed by atoms with Crippen molar-refractivity contribution in [2.45, 2.75) is 6.92 Å². The molecule has 4 aromatic rings. The largest absolute Gasteiger partial charge is 0.496 e. The van der Waals surface area contributed by atoms with Crippen molar-refractivity contribution in [1.82, 2.24) is 4.40 Å². The lowest BCUT2D eigenvalue weighted by molar-refractivity contribution is -0.383. The van der Waals surface area contributed by atoms with E-state index in [0.717, 1.165) is 0 Å². The van der Waals surface area contributed by atoms with Gasteiger partial charge in [-0.25, -0.2) is 13.2 Å². The zero-order valence-corrected chi connectivity index (χ0v) is 22.5. The molecule has 0 aliphatic carbocycles. The average Bonchev–Trinajstić information content (AvgIpc) is 3.38. The number of methoxy groups -OCH3 is 2. The molecule has 41 heavy (non-hydrogen) atoms. The number of pyridine rings is 1. The molecule has 214 valence electrons. The lowest BCUT2D eigenvalue weighted by Gasteiger charge is -2.24. The van der Waals surface area contributed by atoms with Crippen LogP contribution in [0.1, 0.15) is 23.0 Å². The van der Waals surface area contributed by atoms with E-state index in [1.54, 1.807) is 18.2 Å². The highest BCUT2D eigenvalue weighted by Gasteiger charge is 2.32. The van der Waals surface area contributed by atoms with Crippen LogP contribution in [0.5, 0.6) is 5.75 Å². The van der Waals surface area contributed by atoms with Crippen LogP contribution in [0.25, 0.3) is 16.6 Å². The molecular weight excluding hydrogens is 545 g/mol. The molecule has 0 radical (unpaired) electrons. The maximum absolute atomic E-state index is 13.8. The van der Waals surface area contributed by atoms with Crippen molar-refractivity contribution in [2.24, 2.45) is 0 Å². The fraction of sp³-hybridized carbons (Fsp3) is 0.214. The molecule has 1 N–H and O–H groups in total. The predicted octanol–water partition coefficient (Wildman–Crippen LogP) is 5.21. The van der Waals surface area contributed by atoms with Gasteiger partial charge < -0.3 is 24.1 Å². The summed E-state index contributed by atoms with van der Waals surface area (Å²) in [5.41, 5.74) is 0.315. The van der Waals surface area contributed by atoms with Gasteiger partial charge in [0.15, 0.2) is 17.5 Å². The normalized spacial score (nSPS) is 11.0. The van der Waals surface area contributed by atoms with Crippen molar-refractivity contribution in [3.63, 3.8) is 0 Å². The van der Waals surface area contributed by atoms with Crippen LogP contribution < -0.4 is 15.0 Å². The number of halogens is 3. The first-order chi connectivity index (χ1) is 19.5. The van der Waals surface area contributed by atoms with E-state index in [2.05, 4.69) is 5.32 Å². The molecule has 2 aromatic heterocycles. The summed E-state index contributed by atoms with van der Waals surface area (Å²) in [6.07, 6.45) is 1.53. The molecule has 0 atom stereocenters. The standard InChI is InChI=1S/C28H25F3N4O6/c1-15(36)33(10-11-40-3)22-14-23(41-4)24(26(32-2)27(22)35(38)39)17-6-5-9-34-20(17)7-8-21(34)28(37)16-12-18(29)25(31)19(30)13-16/h5-9,12-14,32H,10-11H2,1-4H3. The van der Waals surface area contributed by atoms with E-state index in [4.69, 9.17) is 9.47 Å². The number of nitrogens with one attached hydrogen (secondary N) is 1.